The Hall–Kier alpha value is -0.420. The average Bonchev–Trinajstić information content (AvgIpc) is 2.72. The van der Waals surface area contributed by atoms with Gasteiger partial charge in [-0.25, -0.2) is 4.39 Å². The molecule has 1 nitrogen and oxygen atoms in total. The molecule has 0 aliphatic heterocycles. The van der Waals surface area contributed by atoms with Crippen LogP contribution in [0.3, 0.4) is 0 Å². The Morgan fingerprint density at radius 1 is 1.40 bits per heavy atom. The Morgan fingerprint density at radius 3 is 2.70 bits per heavy atom. The first kappa shape index (κ1) is 16.0. The van der Waals surface area contributed by atoms with Crippen LogP contribution < -0.4 is 5.32 Å². The van der Waals surface area contributed by atoms with Gasteiger partial charge in [-0.15, -0.1) is 11.3 Å². The molecule has 0 saturated carbocycles. The third-order valence-electron chi connectivity index (χ3n) is 3.03. The molecule has 1 aromatic carbocycles. The lowest BCUT2D eigenvalue weighted by Crippen LogP contribution is -2.23. The zero-order valence-electron chi connectivity index (χ0n) is 11.3. The molecule has 5 heteroatoms. The molecule has 0 spiro atoms. The minimum Gasteiger partial charge on any atom is -0.306 e. The molecule has 1 heterocycles. The first-order valence-corrected chi connectivity index (χ1v) is 8.45. The predicted octanol–water partition coefficient (Wildman–Crippen LogP) is 5.70. The number of nitrogens with one attached hydrogen (secondary N) is 1. The maximum absolute atomic E-state index is 14.2. The Kier molecular flexibility index (Phi) is 5.61. The van der Waals surface area contributed by atoms with E-state index >= 15 is 0 Å². The summed E-state index contributed by atoms with van der Waals surface area (Å²) in [6.45, 7) is 4.89. The molecule has 0 saturated heterocycles. The normalized spacial score (nSPS) is 12.7. The summed E-state index contributed by atoms with van der Waals surface area (Å²) in [6.07, 6.45) is 0.993. The lowest BCUT2D eigenvalue weighted by molar-refractivity contribution is 0.550. The molecule has 0 bridgehead atoms. The third kappa shape index (κ3) is 3.61. The lowest BCUT2D eigenvalue weighted by atomic mass is 10.0. The van der Waals surface area contributed by atoms with Crippen LogP contribution in [0.1, 0.15) is 35.4 Å². The Balaban J connectivity index is 2.41. The highest BCUT2D eigenvalue weighted by Crippen LogP contribution is 2.35. The largest absolute Gasteiger partial charge is 0.306 e. The van der Waals surface area contributed by atoms with Crippen LogP contribution in [0.5, 0.6) is 0 Å². The summed E-state index contributed by atoms with van der Waals surface area (Å²) in [4.78, 5) is 1.04. The SMILES string of the molecule is CCCNC(c1cc(C)c(Cl)s1)c1ccc(Br)cc1F. The Bertz CT molecular complexity index is 580. The standard InChI is InChI=1S/C15H16BrClFNS/c1-3-6-19-14(13-7-9(2)15(17)20-13)11-5-4-10(16)8-12(11)18/h4-5,7-8,14,19H,3,6H2,1-2H3. The van der Waals surface area contributed by atoms with Crippen LogP contribution in [0.4, 0.5) is 4.39 Å². The van der Waals surface area contributed by atoms with E-state index in [0.717, 1.165) is 32.2 Å². The summed E-state index contributed by atoms with van der Waals surface area (Å²) in [5, 5.41) is 3.40. The van der Waals surface area contributed by atoms with Gasteiger partial charge in [-0.2, -0.15) is 0 Å². The fourth-order valence-corrected chi connectivity index (χ4v) is 3.66. The van der Waals surface area contributed by atoms with E-state index in [-0.39, 0.29) is 11.9 Å². The van der Waals surface area contributed by atoms with Gasteiger partial charge in [-0.1, -0.05) is 40.5 Å². The van der Waals surface area contributed by atoms with Gasteiger partial charge in [0, 0.05) is 14.9 Å². The highest BCUT2D eigenvalue weighted by Gasteiger charge is 2.20. The summed E-state index contributed by atoms with van der Waals surface area (Å²) < 4.78 is 15.7. The van der Waals surface area contributed by atoms with Crippen molar-refractivity contribution in [2.24, 2.45) is 0 Å². The molecule has 1 unspecified atom stereocenters. The zero-order valence-corrected chi connectivity index (χ0v) is 14.5. The molecule has 2 rings (SSSR count). The van der Waals surface area contributed by atoms with Crippen molar-refractivity contribution in [1.29, 1.82) is 0 Å². The summed E-state index contributed by atoms with van der Waals surface area (Å²) in [7, 11) is 0. The van der Waals surface area contributed by atoms with E-state index in [1.165, 1.54) is 17.4 Å². The number of aryl methyl sites for hydroxylation is 1. The molecule has 0 amide bonds. The molecular weight excluding hydrogens is 361 g/mol. The number of rotatable bonds is 5. The fraction of sp³-hybridized carbons (Fsp3) is 0.333. The molecule has 0 aliphatic rings. The van der Waals surface area contributed by atoms with Gasteiger partial charge >= 0.3 is 0 Å². The van der Waals surface area contributed by atoms with Crippen molar-refractivity contribution in [3.63, 3.8) is 0 Å². The average molecular weight is 377 g/mol. The van der Waals surface area contributed by atoms with Crippen LogP contribution in [0, 0.1) is 12.7 Å². The third-order valence-corrected chi connectivity index (χ3v) is 5.15. The molecule has 1 aromatic heterocycles. The zero-order chi connectivity index (χ0) is 14.7. The number of thiophene rings is 1. The molecule has 0 fully saturated rings. The Labute approximate surface area is 136 Å². The number of benzene rings is 1. The smallest absolute Gasteiger partial charge is 0.129 e. The molecular formula is C15H16BrClFNS. The van der Waals surface area contributed by atoms with E-state index in [1.807, 2.05) is 25.1 Å². The summed E-state index contributed by atoms with van der Waals surface area (Å²) in [5.74, 6) is -0.213. The maximum atomic E-state index is 14.2. The van der Waals surface area contributed by atoms with Crippen LogP contribution in [-0.2, 0) is 0 Å². The van der Waals surface area contributed by atoms with Crippen LogP contribution in [0.2, 0.25) is 4.34 Å². The van der Waals surface area contributed by atoms with Crippen LogP contribution >= 0.6 is 38.9 Å². The van der Waals surface area contributed by atoms with Gasteiger partial charge < -0.3 is 5.32 Å². The second-order valence-corrected chi connectivity index (χ2v) is 7.26. The molecule has 2 aromatic rings. The fourth-order valence-electron chi connectivity index (χ4n) is 2.01. The van der Waals surface area contributed by atoms with Gasteiger partial charge in [0.15, 0.2) is 0 Å². The van der Waals surface area contributed by atoms with Gasteiger partial charge in [-0.3, -0.25) is 0 Å². The summed E-state index contributed by atoms with van der Waals surface area (Å²) in [5.41, 5.74) is 1.69. The first-order valence-electron chi connectivity index (χ1n) is 6.47. The minimum atomic E-state index is -0.213. The highest BCUT2D eigenvalue weighted by atomic mass is 79.9. The van der Waals surface area contributed by atoms with E-state index in [4.69, 9.17) is 11.6 Å². The molecule has 0 aliphatic carbocycles. The molecule has 1 atom stereocenters. The molecule has 108 valence electrons. The topological polar surface area (TPSA) is 12.0 Å². The van der Waals surface area contributed by atoms with Gasteiger partial charge in [0.25, 0.3) is 0 Å². The molecule has 1 N–H and O–H groups in total. The number of halogens is 3. The molecule has 0 radical (unpaired) electrons. The van der Waals surface area contributed by atoms with E-state index < -0.39 is 0 Å². The van der Waals surface area contributed by atoms with Crippen molar-refractivity contribution in [3.05, 3.63) is 54.9 Å². The van der Waals surface area contributed by atoms with Crippen molar-refractivity contribution in [2.45, 2.75) is 26.3 Å². The van der Waals surface area contributed by atoms with Gasteiger partial charge in [-0.05, 0) is 43.7 Å². The van der Waals surface area contributed by atoms with Gasteiger partial charge in [0.2, 0.25) is 0 Å². The van der Waals surface area contributed by atoms with Crippen molar-refractivity contribution < 1.29 is 4.39 Å². The predicted molar refractivity (Wildman–Crippen MR) is 88.3 cm³/mol. The summed E-state index contributed by atoms with van der Waals surface area (Å²) >= 11 is 10.9. The van der Waals surface area contributed by atoms with Crippen LogP contribution in [0.15, 0.2) is 28.7 Å². The lowest BCUT2D eigenvalue weighted by Gasteiger charge is -2.18. The minimum absolute atomic E-state index is 0.153. The first-order chi connectivity index (χ1) is 9.52. The second-order valence-electron chi connectivity index (χ2n) is 4.66. The van der Waals surface area contributed by atoms with E-state index in [9.17, 15) is 4.39 Å². The van der Waals surface area contributed by atoms with Crippen molar-refractivity contribution in [2.75, 3.05) is 6.54 Å². The van der Waals surface area contributed by atoms with Gasteiger partial charge in [0.05, 0.1) is 10.4 Å². The van der Waals surface area contributed by atoms with E-state index in [0.29, 0.717) is 5.56 Å². The molecule has 20 heavy (non-hydrogen) atoms. The van der Waals surface area contributed by atoms with E-state index in [2.05, 4.69) is 28.2 Å². The van der Waals surface area contributed by atoms with Crippen molar-refractivity contribution >= 4 is 38.9 Å². The van der Waals surface area contributed by atoms with Crippen molar-refractivity contribution in [1.82, 2.24) is 5.32 Å². The van der Waals surface area contributed by atoms with E-state index in [1.54, 1.807) is 0 Å². The second kappa shape index (κ2) is 7.03. The highest BCUT2D eigenvalue weighted by molar-refractivity contribution is 9.10. The maximum Gasteiger partial charge on any atom is 0.129 e. The van der Waals surface area contributed by atoms with Gasteiger partial charge in [0.1, 0.15) is 5.82 Å². The monoisotopic (exact) mass is 375 g/mol. The number of hydrogen-bond acceptors (Lipinski definition) is 2. The number of hydrogen-bond donors (Lipinski definition) is 1. The quantitative estimate of drug-likeness (QED) is 0.705. The van der Waals surface area contributed by atoms with Crippen LogP contribution in [0.25, 0.3) is 0 Å². The Morgan fingerprint density at radius 2 is 2.15 bits per heavy atom. The van der Waals surface area contributed by atoms with Crippen LogP contribution in [-0.4, -0.2) is 6.54 Å². The summed E-state index contributed by atoms with van der Waals surface area (Å²) in [6, 6.07) is 7.05. The van der Waals surface area contributed by atoms with Crippen molar-refractivity contribution in [3.8, 4) is 0 Å².